The molecule has 30 heavy (non-hydrogen) atoms. The number of nitrogen functional groups attached to an aromatic ring is 1. The largest absolute Gasteiger partial charge is 0.449 e. The number of nitrogens with zero attached hydrogens (tertiary/aromatic N) is 1. The molecule has 0 radical (unpaired) electrons. The highest BCUT2D eigenvalue weighted by atomic mass is 16.5. The van der Waals surface area contributed by atoms with Crippen molar-refractivity contribution < 1.29 is 9.53 Å². The van der Waals surface area contributed by atoms with Gasteiger partial charge >= 0.3 is 6.09 Å². The molecule has 0 saturated heterocycles. The molecule has 1 amide bonds. The minimum absolute atomic E-state index is 0.0316. The second kappa shape index (κ2) is 8.54. The number of carbonyl (C=O) groups excluding carboxylic acids is 1. The Hall–Kier alpha value is -4.04. The van der Waals surface area contributed by atoms with E-state index in [-0.39, 0.29) is 19.1 Å². The topological polar surface area (TPSA) is 88.1 Å². The summed E-state index contributed by atoms with van der Waals surface area (Å²) >= 11 is 0. The van der Waals surface area contributed by atoms with E-state index in [4.69, 9.17) is 15.7 Å². The van der Waals surface area contributed by atoms with E-state index in [1.54, 1.807) is 30.4 Å². The number of nitrogens with one attached hydrogen (secondary N) is 1. The number of anilines is 1. The molecule has 0 unspecified atom stereocenters. The van der Waals surface area contributed by atoms with E-state index in [0.717, 1.165) is 0 Å². The molecule has 3 aromatic carbocycles. The first-order chi connectivity index (χ1) is 14.7. The van der Waals surface area contributed by atoms with Crippen LogP contribution in [0.3, 0.4) is 0 Å². The first kappa shape index (κ1) is 19.3. The summed E-state index contributed by atoms with van der Waals surface area (Å²) < 4.78 is 5.50. The number of rotatable bonds is 5. The number of hydrogen-bond acceptors (Lipinski definition) is 4. The number of hydrogen-bond donors (Lipinski definition) is 2. The van der Waals surface area contributed by atoms with Crippen molar-refractivity contribution in [3.05, 3.63) is 95.1 Å². The van der Waals surface area contributed by atoms with Gasteiger partial charge in [0.15, 0.2) is 0 Å². The van der Waals surface area contributed by atoms with Crippen LogP contribution < -0.4 is 11.1 Å². The van der Waals surface area contributed by atoms with Crippen LogP contribution >= 0.6 is 0 Å². The van der Waals surface area contributed by atoms with Gasteiger partial charge in [0.2, 0.25) is 0 Å². The van der Waals surface area contributed by atoms with Crippen molar-refractivity contribution in [3.63, 3.8) is 0 Å². The number of ether oxygens (including phenoxy) is 1. The summed E-state index contributed by atoms with van der Waals surface area (Å²) in [5, 5.41) is 11.9. The molecule has 5 heteroatoms. The zero-order chi connectivity index (χ0) is 20.9. The zero-order valence-electron chi connectivity index (χ0n) is 16.3. The minimum Gasteiger partial charge on any atom is -0.449 e. The van der Waals surface area contributed by atoms with E-state index in [1.807, 2.05) is 24.3 Å². The van der Waals surface area contributed by atoms with Crippen LogP contribution in [0.2, 0.25) is 0 Å². The van der Waals surface area contributed by atoms with Gasteiger partial charge in [0, 0.05) is 18.2 Å². The Morgan fingerprint density at radius 3 is 2.40 bits per heavy atom. The highest BCUT2D eigenvalue weighted by Crippen LogP contribution is 2.44. The molecule has 1 aliphatic rings. The fourth-order valence-corrected chi connectivity index (χ4v) is 3.80. The summed E-state index contributed by atoms with van der Waals surface area (Å²) in [5.74, 6) is 0.0316. The van der Waals surface area contributed by atoms with Crippen molar-refractivity contribution in [2.45, 2.75) is 5.92 Å². The van der Waals surface area contributed by atoms with Gasteiger partial charge in [-0.1, -0.05) is 60.7 Å². The van der Waals surface area contributed by atoms with Crippen LogP contribution in [0.15, 0.2) is 72.8 Å². The second-order valence-electron chi connectivity index (χ2n) is 7.07. The average Bonchev–Trinajstić information content (AvgIpc) is 3.09. The Labute approximate surface area is 175 Å². The number of benzene rings is 3. The number of fused-ring (bicyclic) bond motifs is 3. The van der Waals surface area contributed by atoms with E-state index < -0.39 is 6.09 Å². The van der Waals surface area contributed by atoms with Crippen LogP contribution in [-0.4, -0.2) is 19.2 Å². The molecule has 1 aliphatic carbocycles. The first-order valence-corrected chi connectivity index (χ1v) is 9.72. The smallest absolute Gasteiger partial charge is 0.407 e. The van der Waals surface area contributed by atoms with E-state index in [1.165, 1.54) is 22.3 Å². The summed E-state index contributed by atoms with van der Waals surface area (Å²) in [5.41, 5.74) is 12.3. The molecule has 3 N–H and O–H groups in total. The van der Waals surface area contributed by atoms with Crippen molar-refractivity contribution in [1.29, 1.82) is 5.26 Å². The molecule has 0 heterocycles. The predicted octanol–water partition coefficient (Wildman–Crippen LogP) is 4.69. The van der Waals surface area contributed by atoms with Gasteiger partial charge in [-0.25, -0.2) is 4.79 Å². The number of carbonyl (C=O) groups is 1. The Morgan fingerprint density at radius 1 is 1.07 bits per heavy atom. The molecular formula is C25H21N3O2. The minimum atomic E-state index is -0.477. The van der Waals surface area contributed by atoms with Crippen LogP contribution in [0, 0.1) is 11.3 Å². The standard InChI is InChI=1S/C25H21N3O2/c26-15-18-11-12-19(27)14-17(18)6-5-13-28-25(29)30-16-24-22-9-3-1-7-20(22)21-8-2-4-10-23(21)24/h1-12,14,24H,13,16,27H2,(H,28,29). The third-order valence-corrected chi connectivity index (χ3v) is 5.20. The molecule has 148 valence electrons. The highest BCUT2D eigenvalue weighted by molar-refractivity contribution is 5.79. The lowest BCUT2D eigenvalue weighted by Crippen LogP contribution is -2.26. The normalized spacial score (nSPS) is 12.2. The van der Waals surface area contributed by atoms with E-state index >= 15 is 0 Å². The van der Waals surface area contributed by atoms with Gasteiger partial charge in [-0.15, -0.1) is 0 Å². The lowest BCUT2D eigenvalue weighted by Gasteiger charge is -2.14. The van der Waals surface area contributed by atoms with Gasteiger partial charge in [0.1, 0.15) is 6.61 Å². The van der Waals surface area contributed by atoms with Gasteiger partial charge in [-0.3, -0.25) is 0 Å². The van der Waals surface area contributed by atoms with Crippen molar-refractivity contribution >= 4 is 17.9 Å². The Bertz CT molecular complexity index is 1120. The first-order valence-electron chi connectivity index (χ1n) is 9.72. The number of amides is 1. The monoisotopic (exact) mass is 395 g/mol. The highest BCUT2D eigenvalue weighted by Gasteiger charge is 2.28. The Kier molecular flexibility index (Phi) is 5.49. The van der Waals surface area contributed by atoms with Crippen LogP contribution in [0.4, 0.5) is 10.5 Å². The van der Waals surface area contributed by atoms with Crippen molar-refractivity contribution in [3.8, 4) is 17.2 Å². The molecule has 4 rings (SSSR count). The van der Waals surface area contributed by atoms with Crippen LogP contribution in [0.5, 0.6) is 0 Å². The SMILES string of the molecule is N#Cc1ccc(N)cc1C=CCNC(=O)OCC1c2ccccc2-c2ccccc21. The van der Waals surface area contributed by atoms with Gasteiger partial charge in [0.05, 0.1) is 11.6 Å². The summed E-state index contributed by atoms with van der Waals surface area (Å²) in [7, 11) is 0. The van der Waals surface area contributed by atoms with Gasteiger partial charge in [-0.05, 0) is 46.0 Å². The maximum absolute atomic E-state index is 12.2. The van der Waals surface area contributed by atoms with Crippen LogP contribution in [-0.2, 0) is 4.74 Å². The van der Waals surface area contributed by atoms with Crippen molar-refractivity contribution in [1.82, 2.24) is 5.32 Å². The second-order valence-corrected chi connectivity index (χ2v) is 7.07. The molecule has 0 saturated carbocycles. The maximum Gasteiger partial charge on any atom is 0.407 e. The molecule has 5 nitrogen and oxygen atoms in total. The van der Waals surface area contributed by atoms with Crippen LogP contribution in [0.1, 0.15) is 28.2 Å². The molecule has 0 bridgehead atoms. The zero-order valence-corrected chi connectivity index (χ0v) is 16.3. The van der Waals surface area contributed by atoms with Gasteiger partial charge < -0.3 is 15.8 Å². The fourth-order valence-electron chi connectivity index (χ4n) is 3.80. The Morgan fingerprint density at radius 2 is 1.73 bits per heavy atom. The van der Waals surface area contributed by atoms with Crippen molar-refractivity contribution in [2.75, 3.05) is 18.9 Å². The molecular weight excluding hydrogens is 374 g/mol. The summed E-state index contributed by atoms with van der Waals surface area (Å²) in [4.78, 5) is 12.2. The molecule has 0 atom stereocenters. The summed E-state index contributed by atoms with van der Waals surface area (Å²) in [6.07, 6.45) is 3.05. The summed E-state index contributed by atoms with van der Waals surface area (Å²) in [6.45, 7) is 0.563. The van der Waals surface area contributed by atoms with Crippen LogP contribution in [0.25, 0.3) is 17.2 Å². The molecule has 0 spiro atoms. The van der Waals surface area contributed by atoms with Gasteiger partial charge in [-0.2, -0.15) is 5.26 Å². The molecule has 0 aliphatic heterocycles. The number of nitrogens with two attached hydrogens (primary N) is 1. The quantitative estimate of drug-likeness (QED) is 0.613. The third kappa shape index (κ3) is 3.89. The maximum atomic E-state index is 12.2. The van der Waals surface area contributed by atoms with E-state index in [2.05, 4.69) is 35.7 Å². The molecule has 0 aromatic heterocycles. The number of alkyl carbamates (subject to hydrolysis) is 1. The fraction of sp³-hybridized carbons (Fsp3) is 0.120. The lowest BCUT2D eigenvalue weighted by molar-refractivity contribution is 0.144. The van der Waals surface area contributed by atoms with Gasteiger partial charge in [0.25, 0.3) is 0 Å². The van der Waals surface area contributed by atoms with Crippen molar-refractivity contribution in [2.24, 2.45) is 0 Å². The number of nitriles is 1. The Balaban J connectivity index is 1.35. The summed E-state index contributed by atoms with van der Waals surface area (Å²) in [6, 6.07) is 23.6. The molecule has 3 aromatic rings. The van der Waals surface area contributed by atoms with E-state index in [9.17, 15) is 4.79 Å². The lowest BCUT2D eigenvalue weighted by atomic mass is 9.98. The molecule has 0 fully saturated rings. The van der Waals surface area contributed by atoms with E-state index in [0.29, 0.717) is 16.8 Å². The predicted molar refractivity (Wildman–Crippen MR) is 118 cm³/mol. The third-order valence-electron chi connectivity index (χ3n) is 5.20. The average molecular weight is 395 g/mol.